The van der Waals surface area contributed by atoms with E-state index in [-0.39, 0.29) is 12.4 Å². The standard InChI is InChI=1S/C12H12FN3OS/c1-2-7-16-11(14-15-12(16)18)8-17-10-5-3-9(13)4-6-10/h2-6H,1,7-8H2,(H,15,18). The lowest BCUT2D eigenvalue weighted by molar-refractivity contribution is 0.289. The Hall–Kier alpha value is -1.95. The quantitative estimate of drug-likeness (QED) is 0.667. The minimum Gasteiger partial charge on any atom is -0.486 e. The van der Waals surface area contributed by atoms with Gasteiger partial charge >= 0.3 is 0 Å². The van der Waals surface area contributed by atoms with E-state index in [9.17, 15) is 4.39 Å². The van der Waals surface area contributed by atoms with Crippen molar-refractivity contribution in [2.75, 3.05) is 0 Å². The predicted octanol–water partition coefficient (Wildman–Crippen LogP) is 2.84. The summed E-state index contributed by atoms with van der Waals surface area (Å²) in [6.45, 7) is 4.48. The molecule has 0 aliphatic heterocycles. The minimum atomic E-state index is -0.295. The fourth-order valence-corrected chi connectivity index (χ4v) is 1.68. The van der Waals surface area contributed by atoms with Crippen molar-refractivity contribution in [3.05, 3.63) is 53.3 Å². The molecule has 0 radical (unpaired) electrons. The van der Waals surface area contributed by atoms with E-state index < -0.39 is 0 Å². The molecule has 94 valence electrons. The van der Waals surface area contributed by atoms with Gasteiger partial charge in [-0.3, -0.25) is 9.67 Å². The molecule has 0 fully saturated rings. The van der Waals surface area contributed by atoms with Crippen LogP contribution in [0.5, 0.6) is 5.75 Å². The van der Waals surface area contributed by atoms with Gasteiger partial charge in [0.2, 0.25) is 0 Å². The van der Waals surface area contributed by atoms with Crippen LogP contribution in [0, 0.1) is 10.6 Å². The Morgan fingerprint density at radius 2 is 2.17 bits per heavy atom. The molecule has 1 heterocycles. The molecule has 0 unspecified atom stereocenters. The Kier molecular flexibility index (Phi) is 3.88. The third-order valence-electron chi connectivity index (χ3n) is 2.33. The van der Waals surface area contributed by atoms with Crippen LogP contribution in [0.4, 0.5) is 4.39 Å². The summed E-state index contributed by atoms with van der Waals surface area (Å²) >= 11 is 5.08. The van der Waals surface area contributed by atoms with Gasteiger partial charge in [-0.1, -0.05) is 6.08 Å². The highest BCUT2D eigenvalue weighted by atomic mass is 32.1. The third kappa shape index (κ3) is 2.84. The lowest BCUT2D eigenvalue weighted by Gasteiger charge is -2.06. The van der Waals surface area contributed by atoms with Gasteiger partial charge in [-0.05, 0) is 36.5 Å². The number of nitrogens with zero attached hydrogens (tertiary/aromatic N) is 2. The van der Waals surface area contributed by atoms with Crippen LogP contribution in [0.25, 0.3) is 0 Å². The second kappa shape index (κ2) is 5.59. The van der Waals surface area contributed by atoms with Crippen molar-refractivity contribution in [2.24, 2.45) is 0 Å². The fraction of sp³-hybridized carbons (Fsp3) is 0.167. The van der Waals surface area contributed by atoms with Crippen LogP contribution in [-0.2, 0) is 13.2 Å². The summed E-state index contributed by atoms with van der Waals surface area (Å²) in [5, 5.41) is 6.76. The van der Waals surface area contributed by atoms with Crippen LogP contribution in [0.15, 0.2) is 36.9 Å². The number of rotatable bonds is 5. The largest absolute Gasteiger partial charge is 0.486 e. The first-order valence-electron chi connectivity index (χ1n) is 5.34. The number of allylic oxidation sites excluding steroid dienone is 1. The van der Waals surface area contributed by atoms with Gasteiger partial charge in [0.15, 0.2) is 10.6 Å². The smallest absolute Gasteiger partial charge is 0.195 e. The summed E-state index contributed by atoms with van der Waals surface area (Å²) in [4.78, 5) is 0. The number of nitrogens with one attached hydrogen (secondary N) is 1. The molecule has 0 atom stereocenters. The maximum atomic E-state index is 12.7. The number of hydrogen-bond donors (Lipinski definition) is 1. The van der Waals surface area contributed by atoms with Gasteiger partial charge in [-0.15, -0.1) is 6.58 Å². The van der Waals surface area contributed by atoms with E-state index in [2.05, 4.69) is 16.8 Å². The molecule has 4 nitrogen and oxygen atoms in total. The maximum absolute atomic E-state index is 12.7. The monoisotopic (exact) mass is 265 g/mol. The molecule has 2 rings (SSSR count). The molecule has 1 aromatic heterocycles. The molecule has 0 spiro atoms. The number of aromatic amines is 1. The summed E-state index contributed by atoms with van der Waals surface area (Å²) in [7, 11) is 0. The number of benzene rings is 1. The van der Waals surface area contributed by atoms with E-state index >= 15 is 0 Å². The number of ether oxygens (including phenoxy) is 1. The van der Waals surface area contributed by atoms with E-state index in [1.165, 1.54) is 12.1 Å². The summed E-state index contributed by atoms with van der Waals surface area (Å²) in [6.07, 6.45) is 1.73. The van der Waals surface area contributed by atoms with Crippen molar-refractivity contribution < 1.29 is 9.13 Å². The van der Waals surface area contributed by atoms with Gasteiger partial charge in [-0.25, -0.2) is 4.39 Å². The number of aromatic nitrogens is 3. The molecule has 1 N–H and O–H groups in total. The van der Waals surface area contributed by atoms with Gasteiger partial charge in [0.05, 0.1) is 0 Å². The van der Waals surface area contributed by atoms with Crippen molar-refractivity contribution in [3.63, 3.8) is 0 Å². The zero-order chi connectivity index (χ0) is 13.0. The average molecular weight is 265 g/mol. The fourth-order valence-electron chi connectivity index (χ4n) is 1.46. The summed E-state index contributed by atoms with van der Waals surface area (Å²) in [5.41, 5.74) is 0. The molecule has 0 saturated carbocycles. The first-order chi connectivity index (χ1) is 8.70. The molecule has 0 bridgehead atoms. The molecule has 1 aromatic carbocycles. The molecule has 0 amide bonds. The maximum Gasteiger partial charge on any atom is 0.195 e. The molecular weight excluding hydrogens is 253 g/mol. The molecule has 0 aliphatic rings. The van der Waals surface area contributed by atoms with E-state index in [1.54, 1.807) is 22.8 Å². The molecule has 2 aromatic rings. The van der Waals surface area contributed by atoms with Crippen molar-refractivity contribution in [3.8, 4) is 5.75 Å². The summed E-state index contributed by atoms with van der Waals surface area (Å²) in [5.74, 6) is 0.955. The van der Waals surface area contributed by atoms with Crippen LogP contribution in [0.3, 0.4) is 0 Å². The van der Waals surface area contributed by atoms with Crippen molar-refractivity contribution in [1.82, 2.24) is 14.8 Å². The summed E-state index contributed by atoms with van der Waals surface area (Å²) < 4.78 is 20.5. The Balaban J connectivity index is 2.08. The van der Waals surface area contributed by atoms with Crippen LogP contribution in [-0.4, -0.2) is 14.8 Å². The molecule has 0 saturated heterocycles. The second-order valence-corrected chi connectivity index (χ2v) is 3.97. The molecule has 0 aliphatic carbocycles. The van der Waals surface area contributed by atoms with Gasteiger partial charge in [0, 0.05) is 6.54 Å². The van der Waals surface area contributed by atoms with Crippen molar-refractivity contribution in [1.29, 1.82) is 0 Å². The number of H-pyrrole nitrogens is 1. The first kappa shape index (κ1) is 12.5. The number of halogens is 1. The zero-order valence-corrected chi connectivity index (χ0v) is 10.4. The highest BCUT2D eigenvalue weighted by Gasteiger charge is 2.05. The first-order valence-corrected chi connectivity index (χ1v) is 5.75. The van der Waals surface area contributed by atoms with Gasteiger partial charge < -0.3 is 4.74 Å². The second-order valence-electron chi connectivity index (χ2n) is 3.59. The highest BCUT2D eigenvalue weighted by molar-refractivity contribution is 7.71. The topological polar surface area (TPSA) is 42.8 Å². The predicted molar refractivity (Wildman–Crippen MR) is 68.3 cm³/mol. The Morgan fingerprint density at radius 3 is 2.83 bits per heavy atom. The minimum absolute atomic E-state index is 0.257. The Labute approximate surface area is 109 Å². The molecule has 18 heavy (non-hydrogen) atoms. The van der Waals surface area contributed by atoms with Gasteiger partial charge in [0.25, 0.3) is 0 Å². The van der Waals surface area contributed by atoms with E-state index in [0.29, 0.717) is 22.9 Å². The normalized spacial score (nSPS) is 10.3. The average Bonchev–Trinajstić information content (AvgIpc) is 2.71. The van der Waals surface area contributed by atoms with Crippen LogP contribution >= 0.6 is 12.2 Å². The molecule has 6 heteroatoms. The zero-order valence-electron chi connectivity index (χ0n) is 9.60. The van der Waals surface area contributed by atoms with E-state index in [1.807, 2.05) is 0 Å². The van der Waals surface area contributed by atoms with Crippen LogP contribution in [0.1, 0.15) is 5.82 Å². The lowest BCUT2D eigenvalue weighted by Crippen LogP contribution is -2.06. The van der Waals surface area contributed by atoms with Crippen molar-refractivity contribution in [2.45, 2.75) is 13.2 Å². The SMILES string of the molecule is C=CCn1c(COc2ccc(F)cc2)n[nH]c1=S. The van der Waals surface area contributed by atoms with Crippen LogP contribution in [0.2, 0.25) is 0 Å². The van der Waals surface area contributed by atoms with Gasteiger partial charge in [-0.2, -0.15) is 5.10 Å². The Morgan fingerprint density at radius 1 is 1.44 bits per heavy atom. The lowest BCUT2D eigenvalue weighted by atomic mass is 10.3. The number of hydrogen-bond acceptors (Lipinski definition) is 3. The highest BCUT2D eigenvalue weighted by Crippen LogP contribution is 2.12. The summed E-state index contributed by atoms with van der Waals surface area (Å²) in [6, 6.07) is 5.81. The van der Waals surface area contributed by atoms with E-state index in [0.717, 1.165) is 0 Å². The van der Waals surface area contributed by atoms with Crippen molar-refractivity contribution >= 4 is 12.2 Å². The third-order valence-corrected chi connectivity index (χ3v) is 2.64. The molecular formula is C12H12FN3OS. The van der Waals surface area contributed by atoms with Crippen LogP contribution < -0.4 is 4.74 Å². The Bertz CT molecular complexity index is 588. The van der Waals surface area contributed by atoms with E-state index in [4.69, 9.17) is 17.0 Å². The van der Waals surface area contributed by atoms with Gasteiger partial charge in [0.1, 0.15) is 18.2 Å².